The van der Waals surface area contributed by atoms with E-state index in [0.717, 1.165) is 18.2 Å². The highest BCUT2D eigenvalue weighted by Gasteiger charge is 2.58. The van der Waals surface area contributed by atoms with E-state index in [0.29, 0.717) is 18.2 Å². The molecule has 13 rings (SSSR count). The molecular formula is C56H38O31. The zero-order chi connectivity index (χ0) is 62.7. The smallest absolute Gasteiger partial charge is 0.340 e. The maximum Gasteiger partial charge on any atom is 0.340 e. The number of hydrogen-bond donors (Lipinski definition) is 20. The van der Waals surface area contributed by atoms with Crippen LogP contribution in [0.25, 0.3) is 33.4 Å². The minimum absolute atomic E-state index is 0.140. The minimum atomic E-state index is -3.01. The zero-order valence-corrected chi connectivity index (χ0v) is 42.9. The van der Waals surface area contributed by atoms with Gasteiger partial charge >= 0.3 is 29.8 Å². The summed E-state index contributed by atoms with van der Waals surface area (Å²) in [5.41, 5.74) is -17.4. The number of aromatic hydroxyl groups is 19. The summed E-state index contributed by atoms with van der Waals surface area (Å²) in [4.78, 5) is 76.2. The Morgan fingerprint density at radius 3 is 1.37 bits per heavy atom. The molecule has 0 saturated carbocycles. The third kappa shape index (κ3) is 7.75. The summed E-state index contributed by atoms with van der Waals surface area (Å²) in [6, 6.07) is 4.59. The Morgan fingerprint density at radius 2 is 0.805 bits per heavy atom. The third-order valence-electron chi connectivity index (χ3n) is 15.5. The van der Waals surface area contributed by atoms with Gasteiger partial charge in [0, 0.05) is 62.6 Å². The molecule has 87 heavy (non-hydrogen) atoms. The summed E-state index contributed by atoms with van der Waals surface area (Å²) in [6.07, 6.45) is -15.7. The minimum Gasteiger partial charge on any atom is -0.507 e. The van der Waals surface area contributed by atoms with Gasteiger partial charge in [0.1, 0.15) is 30.0 Å². The van der Waals surface area contributed by atoms with E-state index in [-0.39, 0.29) is 11.6 Å². The first-order chi connectivity index (χ1) is 41.0. The van der Waals surface area contributed by atoms with Crippen LogP contribution in [-0.2, 0) is 30.1 Å². The standard InChI is InChI=1S/C56H38O31/c57-15-2-1-10(3-17(15)59)47-22(64)4-11-16(58)8-18(60)27(48(11)84-47)32-31-34-30(43(73)46(76)44(31)74)29-33-28(41(71)45(75)42(29)72)26-14(7-21(63)37(67)40(26)70)53(78)83-23-9-82-52(77)12-5-19(61)35(65)38(68)24(12)25-13(6-20(62)36(66)39(25)69)54(79)85-49(23)51(87-56(33)81)50(32)86-55(34)80/h1-3,5-8,22-23,32,47,49-51,57-76H,4,9H2/t22-,23-,32+,47-,49-,50+,51+/m1/s1. The number of carbonyl (C=O) groups is 5. The van der Waals surface area contributed by atoms with Crippen LogP contribution in [0.3, 0.4) is 0 Å². The van der Waals surface area contributed by atoms with Crippen LogP contribution in [-0.4, -0.2) is 169 Å². The van der Waals surface area contributed by atoms with Gasteiger partial charge in [0.25, 0.3) is 0 Å². The lowest BCUT2D eigenvalue weighted by molar-refractivity contribution is -0.135. The van der Waals surface area contributed by atoms with Crippen molar-refractivity contribution in [2.24, 2.45) is 0 Å². The van der Waals surface area contributed by atoms with Gasteiger partial charge in [0.05, 0.1) is 39.8 Å². The first-order valence-electron chi connectivity index (χ1n) is 25.0. The second-order valence-electron chi connectivity index (χ2n) is 20.3. The number of esters is 5. The lowest BCUT2D eigenvalue weighted by Gasteiger charge is -2.43. The van der Waals surface area contributed by atoms with Gasteiger partial charge in [-0.25, -0.2) is 24.0 Å². The van der Waals surface area contributed by atoms with Gasteiger partial charge in [-0.3, -0.25) is 0 Å². The Balaban J connectivity index is 1.24. The Kier molecular flexibility index (Phi) is 12.1. The molecule has 0 spiro atoms. The van der Waals surface area contributed by atoms with Crippen LogP contribution in [0.1, 0.15) is 86.1 Å². The second kappa shape index (κ2) is 18.9. The van der Waals surface area contributed by atoms with Crippen molar-refractivity contribution in [3.63, 3.8) is 0 Å². The SMILES string of the molecule is O=C1OC[C@H]2OC(=O)c3cc(O)c(O)c(O)c3-c3c(O)c(O)c(O)c4c3C(=O)O[C@H]([C@H]3OC(=O)c5c-4c(O)c(O)c(O)c5[C@@H]3c3c(O)cc(O)c4c3O[C@H](c3ccc(O)c(O)c3)[C@H](O)C4)[C@@H]2OC(=O)c2cc(O)c(O)c(O)c2-c2c1cc(O)c(O)c2O. The third-order valence-corrected chi connectivity index (χ3v) is 15.5. The van der Waals surface area contributed by atoms with Gasteiger partial charge in [-0.2, -0.15) is 0 Å². The summed E-state index contributed by atoms with van der Waals surface area (Å²) >= 11 is 0. The van der Waals surface area contributed by atoms with E-state index in [1.54, 1.807) is 0 Å². The molecule has 7 atom stereocenters. The molecular weight excluding hydrogens is 1170 g/mol. The average Bonchev–Trinajstić information content (AvgIpc) is 1.29. The number of hydrogen-bond acceptors (Lipinski definition) is 31. The van der Waals surface area contributed by atoms with E-state index in [2.05, 4.69) is 0 Å². The van der Waals surface area contributed by atoms with E-state index in [4.69, 9.17) is 28.4 Å². The van der Waals surface area contributed by atoms with Gasteiger partial charge in [-0.1, -0.05) is 6.07 Å². The van der Waals surface area contributed by atoms with Crippen LogP contribution in [0.4, 0.5) is 0 Å². The largest absolute Gasteiger partial charge is 0.507 e. The molecule has 0 aromatic heterocycles. The van der Waals surface area contributed by atoms with Crippen LogP contribution >= 0.6 is 0 Å². The van der Waals surface area contributed by atoms with Crippen LogP contribution in [0, 0.1) is 0 Å². The molecule has 6 aliphatic rings. The molecule has 7 aromatic carbocycles. The maximum absolute atomic E-state index is 15.9. The molecule has 6 bridgehead atoms. The fraction of sp³-hybridized carbons (Fsp3) is 0.161. The Morgan fingerprint density at radius 1 is 0.345 bits per heavy atom. The first kappa shape index (κ1) is 55.4. The number of cyclic esters (lactones) is 1. The monoisotopic (exact) mass is 1210 g/mol. The van der Waals surface area contributed by atoms with Crippen LogP contribution in [0.2, 0.25) is 0 Å². The second-order valence-corrected chi connectivity index (χ2v) is 20.3. The average molecular weight is 1210 g/mol. The van der Waals surface area contributed by atoms with Gasteiger partial charge in [-0.15, -0.1) is 0 Å². The van der Waals surface area contributed by atoms with E-state index < -0.39 is 278 Å². The lowest BCUT2D eigenvalue weighted by Crippen LogP contribution is -2.56. The van der Waals surface area contributed by atoms with Crippen molar-refractivity contribution >= 4 is 29.8 Å². The predicted octanol–water partition coefficient (Wildman–Crippen LogP) is 3.28. The molecule has 6 heterocycles. The van der Waals surface area contributed by atoms with E-state index >= 15 is 19.2 Å². The maximum atomic E-state index is 15.9. The van der Waals surface area contributed by atoms with Gasteiger partial charge in [0.2, 0.25) is 28.7 Å². The van der Waals surface area contributed by atoms with Crippen molar-refractivity contribution in [1.82, 2.24) is 0 Å². The van der Waals surface area contributed by atoms with E-state index in [1.165, 1.54) is 0 Å². The van der Waals surface area contributed by atoms with Crippen molar-refractivity contribution < 1.29 is 155 Å². The molecule has 0 amide bonds. The number of ether oxygens (including phenoxy) is 6. The van der Waals surface area contributed by atoms with Crippen molar-refractivity contribution in [2.45, 2.75) is 49.0 Å². The summed E-state index contributed by atoms with van der Waals surface area (Å²) in [5.74, 6) is -40.6. The molecule has 448 valence electrons. The van der Waals surface area contributed by atoms with Gasteiger partial charge < -0.3 is 131 Å². The topological polar surface area (TPSA) is 545 Å². The molecule has 6 aliphatic heterocycles. The molecule has 7 aromatic rings. The highest BCUT2D eigenvalue weighted by atomic mass is 16.6. The van der Waals surface area contributed by atoms with Crippen molar-refractivity contribution in [3.05, 3.63) is 92.5 Å². The summed E-state index contributed by atoms with van der Waals surface area (Å²) in [5, 5.41) is 228. The number of fused-ring (bicyclic) bond motifs is 8. The highest BCUT2D eigenvalue weighted by Crippen LogP contribution is 2.64. The number of aliphatic hydroxyl groups excluding tert-OH is 1. The quantitative estimate of drug-likeness (QED) is 0.0671. The fourth-order valence-electron chi connectivity index (χ4n) is 11.6. The molecule has 0 unspecified atom stereocenters. The lowest BCUT2D eigenvalue weighted by atomic mass is 9.73. The number of carbonyl (C=O) groups excluding carboxylic acids is 5. The number of aliphatic hydroxyl groups is 1. The Hall–Kier alpha value is -12.2. The molecule has 31 heteroatoms. The van der Waals surface area contributed by atoms with Crippen LogP contribution < -0.4 is 4.74 Å². The zero-order valence-electron chi connectivity index (χ0n) is 42.9. The summed E-state index contributed by atoms with van der Waals surface area (Å²) in [7, 11) is 0. The Labute approximate surface area is 479 Å². The van der Waals surface area contributed by atoms with Gasteiger partial charge in [-0.05, 0) is 35.9 Å². The number of benzene rings is 7. The molecule has 0 aliphatic carbocycles. The van der Waals surface area contributed by atoms with Crippen molar-refractivity contribution in [3.8, 4) is 148 Å². The van der Waals surface area contributed by atoms with E-state index in [9.17, 15) is 107 Å². The molecule has 0 fully saturated rings. The summed E-state index contributed by atoms with van der Waals surface area (Å²) < 4.78 is 35.9. The van der Waals surface area contributed by atoms with Crippen LogP contribution in [0.15, 0.2) is 42.5 Å². The van der Waals surface area contributed by atoms with Crippen LogP contribution in [0.5, 0.6) is 115 Å². The van der Waals surface area contributed by atoms with E-state index in [1.807, 2.05) is 0 Å². The Bertz CT molecular complexity index is 4350. The first-order valence-corrected chi connectivity index (χ1v) is 25.0. The molecule has 0 radical (unpaired) electrons. The fourth-order valence-corrected chi connectivity index (χ4v) is 11.6. The predicted molar refractivity (Wildman–Crippen MR) is 276 cm³/mol. The molecule has 20 N–H and O–H groups in total. The van der Waals surface area contributed by atoms with Crippen molar-refractivity contribution in [1.29, 1.82) is 0 Å². The molecule has 31 nitrogen and oxygen atoms in total. The normalized spacial score (nSPS) is 20.9. The number of rotatable bonds is 2. The van der Waals surface area contributed by atoms with Gasteiger partial charge in [0.15, 0.2) is 93.4 Å². The number of phenolic OH excluding ortho intramolecular Hbond substituents is 19. The number of phenols is 19. The van der Waals surface area contributed by atoms with Crippen molar-refractivity contribution in [2.75, 3.05) is 6.61 Å². The highest BCUT2D eigenvalue weighted by molar-refractivity contribution is 6.17. The summed E-state index contributed by atoms with van der Waals surface area (Å²) in [6.45, 7) is -1.64. The molecule has 0 saturated heterocycles.